The van der Waals surface area contributed by atoms with Crippen molar-refractivity contribution in [3.63, 3.8) is 0 Å². The molecule has 12 heteroatoms. The number of ether oxygens (including phenoxy) is 3. The molecule has 0 saturated carbocycles. The lowest BCUT2D eigenvalue weighted by Crippen LogP contribution is -2.48. The van der Waals surface area contributed by atoms with E-state index in [0.717, 1.165) is 5.56 Å². The van der Waals surface area contributed by atoms with Gasteiger partial charge in [-0.05, 0) is 5.56 Å². The third kappa shape index (κ3) is 4.95. The molecule has 0 atom stereocenters. The summed E-state index contributed by atoms with van der Waals surface area (Å²) in [6.45, 7) is 2.18. The second kappa shape index (κ2) is 10.1. The first-order valence-corrected chi connectivity index (χ1v) is 10.0. The molecule has 1 aliphatic rings. The van der Waals surface area contributed by atoms with E-state index in [1.165, 1.54) is 44.4 Å². The first-order valence-electron chi connectivity index (χ1n) is 10.0. The van der Waals surface area contributed by atoms with Crippen molar-refractivity contribution in [2.24, 2.45) is 0 Å². The van der Waals surface area contributed by atoms with Gasteiger partial charge in [0.25, 0.3) is 11.6 Å². The molecule has 0 aliphatic carbocycles. The van der Waals surface area contributed by atoms with Crippen LogP contribution in [-0.2, 0) is 6.54 Å². The van der Waals surface area contributed by atoms with Gasteiger partial charge in [-0.1, -0.05) is 12.1 Å². The van der Waals surface area contributed by atoms with Crippen molar-refractivity contribution in [1.29, 1.82) is 0 Å². The Morgan fingerprint density at radius 2 is 1.61 bits per heavy atom. The van der Waals surface area contributed by atoms with Crippen molar-refractivity contribution in [3.05, 3.63) is 61.7 Å². The van der Waals surface area contributed by atoms with E-state index in [2.05, 4.69) is 4.90 Å². The molecule has 1 heterocycles. The second-order valence-electron chi connectivity index (χ2n) is 7.29. The fraction of sp³-hybridized carbons (Fsp3) is 0.381. The van der Waals surface area contributed by atoms with E-state index in [1.54, 1.807) is 6.07 Å². The molecular weight excluding hydrogens is 436 g/mol. The molecule has 12 nitrogen and oxygen atoms in total. The Balaban J connectivity index is 1.78. The highest BCUT2D eigenvalue weighted by atomic mass is 16.6. The lowest BCUT2D eigenvalue weighted by Gasteiger charge is -2.34. The third-order valence-electron chi connectivity index (χ3n) is 5.40. The first kappa shape index (κ1) is 23.7. The minimum absolute atomic E-state index is 0.0241. The Hall–Kier alpha value is -3.93. The number of amides is 1. The average molecular weight is 460 g/mol. The fourth-order valence-corrected chi connectivity index (χ4v) is 3.79. The Bertz CT molecular complexity index is 1070. The summed E-state index contributed by atoms with van der Waals surface area (Å²) >= 11 is 0. The molecule has 176 valence electrons. The van der Waals surface area contributed by atoms with Crippen LogP contribution in [0.3, 0.4) is 0 Å². The monoisotopic (exact) mass is 460 g/mol. The smallest absolute Gasteiger partial charge is 0.327 e. The summed E-state index contributed by atoms with van der Waals surface area (Å²) in [4.78, 5) is 38.5. The van der Waals surface area contributed by atoms with E-state index in [-0.39, 0.29) is 28.5 Å². The third-order valence-corrected chi connectivity index (χ3v) is 5.40. The van der Waals surface area contributed by atoms with Crippen LogP contribution in [0.4, 0.5) is 11.4 Å². The summed E-state index contributed by atoms with van der Waals surface area (Å²) in [6, 6.07) is 7.69. The number of methoxy groups -OCH3 is 3. The molecule has 1 saturated heterocycles. The van der Waals surface area contributed by atoms with E-state index in [9.17, 15) is 25.0 Å². The highest BCUT2D eigenvalue weighted by Gasteiger charge is 2.35. The lowest BCUT2D eigenvalue weighted by molar-refractivity contribution is -0.386. The van der Waals surface area contributed by atoms with Gasteiger partial charge >= 0.3 is 5.69 Å². The summed E-state index contributed by atoms with van der Waals surface area (Å²) < 4.78 is 15.6. The topological polar surface area (TPSA) is 138 Å². The molecule has 0 aromatic heterocycles. The van der Waals surface area contributed by atoms with Gasteiger partial charge in [0.1, 0.15) is 5.56 Å². The van der Waals surface area contributed by atoms with Crippen molar-refractivity contribution in [2.45, 2.75) is 6.54 Å². The number of piperazine rings is 1. The standard InChI is InChI=1S/C21H24N4O8/c1-31-17-12-16(18(25(29)30)20(33-3)19(17)32-2)21(26)23-9-7-22(8-10-23)13-14-5-4-6-15(11-14)24(27)28/h4-6,11-12H,7-10,13H2,1-3H3. The maximum Gasteiger partial charge on any atom is 0.327 e. The SMILES string of the molecule is COc1cc(C(=O)N2CCN(Cc3cccc([N+](=O)[O-])c3)CC2)c([N+](=O)[O-])c(OC)c1OC. The maximum atomic E-state index is 13.2. The first-order chi connectivity index (χ1) is 15.8. The number of carbonyl (C=O) groups is 1. The number of carbonyl (C=O) groups excluding carboxylic acids is 1. The van der Waals surface area contributed by atoms with Crippen LogP contribution < -0.4 is 14.2 Å². The number of nitrogens with zero attached hydrogens (tertiary/aromatic N) is 4. The minimum Gasteiger partial charge on any atom is -0.493 e. The minimum atomic E-state index is -0.674. The van der Waals surface area contributed by atoms with Crippen LogP contribution in [0.15, 0.2) is 30.3 Å². The highest BCUT2D eigenvalue weighted by Crippen LogP contribution is 2.46. The van der Waals surface area contributed by atoms with Gasteiger partial charge < -0.3 is 19.1 Å². The van der Waals surface area contributed by atoms with Crippen molar-refractivity contribution < 1.29 is 28.9 Å². The zero-order valence-electron chi connectivity index (χ0n) is 18.5. The summed E-state index contributed by atoms with van der Waals surface area (Å²) in [5.74, 6) is -0.525. The number of nitro benzene ring substituents is 2. The predicted molar refractivity (Wildman–Crippen MR) is 117 cm³/mol. The van der Waals surface area contributed by atoms with Gasteiger partial charge in [-0.15, -0.1) is 0 Å². The Labute approximate surface area is 189 Å². The number of non-ortho nitro benzene ring substituents is 1. The van der Waals surface area contributed by atoms with Gasteiger partial charge in [0.05, 0.1) is 31.2 Å². The number of nitro groups is 2. The summed E-state index contributed by atoms with van der Waals surface area (Å²) in [7, 11) is 3.95. The fourth-order valence-electron chi connectivity index (χ4n) is 3.79. The molecule has 1 amide bonds. The van der Waals surface area contributed by atoms with Crippen molar-refractivity contribution >= 4 is 17.3 Å². The molecule has 1 fully saturated rings. The Kier molecular flexibility index (Phi) is 7.28. The van der Waals surface area contributed by atoms with Gasteiger partial charge in [0, 0.05) is 50.9 Å². The van der Waals surface area contributed by atoms with Crippen LogP contribution >= 0.6 is 0 Å². The van der Waals surface area contributed by atoms with Crippen LogP contribution in [0.25, 0.3) is 0 Å². The molecule has 0 bridgehead atoms. The van der Waals surface area contributed by atoms with Crippen molar-refractivity contribution in [1.82, 2.24) is 9.80 Å². The van der Waals surface area contributed by atoms with Gasteiger partial charge in [-0.2, -0.15) is 0 Å². The Morgan fingerprint density at radius 3 is 2.15 bits per heavy atom. The van der Waals surface area contributed by atoms with E-state index >= 15 is 0 Å². The molecule has 33 heavy (non-hydrogen) atoms. The number of rotatable bonds is 8. The second-order valence-corrected chi connectivity index (χ2v) is 7.29. The molecule has 2 aromatic rings. The number of benzene rings is 2. The van der Waals surface area contributed by atoms with Crippen LogP contribution in [0.2, 0.25) is 0 Å². The molecular formula is C21H24N4O8. The molecule has 1 aliphatic heterocycles. The van der Waals surface area contributed by atoms with E-state index in [4.69, 9.17) is 14.2 Å². The molecule has 0 spiro atoms. The van der Waals surface area contributed by atoms with E-state index in [1.807, 2.05) is 6.07 Å². The van der Waals surface area contributed by atoms with Crippen LogP contribution in [0, 0.1) is 20.2 Å². The zero-order valence-corrected chi connectivity index (χ0v) is 18.5. The van der Waals surface area contributed by atoms with Crippen molar-refractivity contribution in [3.8, 4) is 17.2 Å². The van der Waals surface area contributed by atoms with Crippen LogP contribution in [0.1, 0.15) is 15.9 Å². The largest absolute Gasteiger partial charge is 0.493 e. The van der Waals surface area contributed by atoms with Gasteiger partial charge in [-0.3, -0.25) is 29.9 Å². The number of hydrogen-bond donors (Lipinski definition) is 0. The van der Waals surface area contributed by atoms with Crippen LogP contribution in [-0.4, -0.2) is 73.1 Å². The maximum absolute atomic E-state index is 13.2. The quantitative estimate of drug-likeness (QED) is 0.429. The zero-order chi connectivity index (χ0) is 24.1. The van der Waals surface area contributed by atoms with Crippen LogP contribution in [0.5, 0.6) is 17.2 Å². The molecule has 0 unspecified atom stereocenters. The predicted octanol–water partition coefficient (Wildman–Crippen LogP) is 2.49. The number of hydrogen-bond acceptors (Lipinski definition) is 9. The molecule has 2 aromatic carbocycles. The molecule has 0 radical (unpaired) electrons. The summed E-state index contributed by atoms with van der Waals surface area (Å²) in [5, 5.41) is 22.8. The van der Waals surface area contributed by atoms with Gasteiger partial charge in [0.15, 0.2) is 5.75 Å². The van der Waals surface area contributed by atoms with Crippen molar-refractivity contribution in [2.75, 3.05) is 47.5 Å². The Morgan fingerprint density at radius 1 is 0.939 bits per heavy atom. The van der Waals surface area contributed by atoms with E-state index in [0.29, 0.717) is 32.7 Å². The lowest BCUT2D eigenvalue weighted by atomic mass is 10.1. The summed E-state index contributed by atoms with van der Waals surface area (Å²) in [6.07, 6.45) is 0. The highest BCUT2D eigenvalue weighted by molar-refractivity contribution is 6.00. The average Bonchev–Trinajstić information content (AvgIpc) is 2.82. The van der Waals surface area contributed by atoms with E-state index < -0.39 is 21.4 Å². The normalized spacial score (nSPS) is 14.0. The van der Waals surface area contributed by atoms with Gasteiger partial charge in [-0.25, -0.2) is 0 Å². The van der Waals surface area contributed by atoms with Gasteiger partial charge in [0.2, 0.25) is 11.5 Å². The molecule has 3 rings (SSSR count). The molecule has 0 N–H and O–H groups in total. The summed E-state index contributed by atoms with van der Waals surface area (Å²) in [5.41, 5.74) is 0.182.